The molecule has 106 valence electrons. The van der Waals surface area contributed by atoms with Gasteiger partial charge in [0.25, 0.3) is 0 Å². The average Bonchev–Trinajstić information content (AvgIpc) is 3.04. The minimum Gasteiger partial charge on any atom is -0.309 e. The normalized spacial score (nSPS) is 21.2. The van der Waals surface area contributed by atoms with Crippen molar-refractivity contribution in [2.24, 2.45) is 5.41 Å². The van der Waals surface area contributed by atoms with E-state index in [0.717, 1.165) is 6.54 Å². The highest BCUT2D eigenvalue weighted by molar-refractivity contribution is 7.10. The molecule has 0 amide bonds. The Morgan fingerprint density at radius 2 is 2.00 bits per heavy atom. The Balaban J connectivity index is 1.64. The van der Waals surface area contributed by atoms with Gasteiger partial charge in [-0.3, -0.25) is 0 Å². The Kier molecular flexibility index (Phi) is 3.95. The van der Waals surface area contributed by atoms with Gasteiger partial charge in [-0.25, -0.2) is 0 Å². The van der Waals surface area contributed by atoms with Crippen LogP contribution >= 0.6 is 11.3 Å². The van der Waals surface area contributed by atoms with E-state index in [1.54, 1.807) is 0 Å². The standard InChI is InChI=1S/C18H23NS/c1-18(2)10-6-9-17(18)19-12-16-11-15(13-20-16)14-7-4-3-5-8-14/h3-5,7-8,11,13,17,19H,6,9-10,12H2,1-2H3. The summed E-state index contributed by atoms with van der Waals surface area (Å²) in [5.41, 5.74) is 3.12. The molecule has 0 saturated heterocycles. The summed E-state index contributed by atoms with van der Waals surface area (Å²) in [6.45, 7) is 5.79. The minimum atomic E-state index is 0.458. The lowest BCUT2D eigenvalue weighted by molar-refractivity contribution is 0.283. The molecule has 1 aliphatic rings. The Hall–Kier alpha value is -1.12. The topological polar surface area (TPSA) is 12.0 Å². The van der Waals surface area contributed by atoms with Gasteiger partial charge < -0.3 is 5.32 Å². The fourth-order valence-corrected chi connectivity index (χ4v) is 4.03. The molecule has 1 atom stereocenters. The summed E-state index contributed by atoms with van der Waals surface area (Å²) in [5.74, 6) is 0. The summed E-state index contributed by atoms with van der Waals surface area (Å²) < 4.78 is 0. The third-order valence-corrected chi connectivity index (χ3v) is 5.48. The highest BCUT2D eigenvalue weighted by atomic mass is 32.1. The van der Waals surface area contributed by atoms with Gasteiger partial charge in [-0.1, -0.05) is 50.6 Å². The Morgan fingerprint density at radius 1 is 1.20 bits per heavy atom. The van der Waals surface area contributed by atoms with Crippen LogP contribution in [0.3, 0.4) is 0 Å². The molecule has 1 fully saturated rings. The maximum absolute atomic E-state index is 3.76. The van der Waals surface area contributed by atoms with Crippen LogP contribution in [0, 0.1) is 5.41 Å². The summed E-state index contributed by atoms with van der Waals surface area (Å²) in [5, 5.41) is 6.03. The minimum absolute atomic E-state index is 0.458. The van der Waals surface area contributed by atoms with Crippen LogP contribution in [0.2, 0.25) is 0 Å². The van der Waals surface area contributed by atoms with Gasteiger partial charge in [0.2, 0.25) is 0 Å². The van der Waals surface area contributed by atoms with Gasteiger partial charge >= 0.3 is 0 Å². The molecule has 1 aromatic heterocycles. The molecule has 2 heteroatoms. The molecule has 1 heterocycles. The van der Waals surface area contributed by atoms with Crippen LogP contribution in [-0.2, 0) is 6.54 Å². The van der Waals surface area contributed by atoms with Crippen LogP contribution in [0.5, 0.6) is 0 Å². The molecule has 1 N–H and O–H groups in total. The fraction of sp³-hybridized carbons (Fsp3) is 0.444. The first-order chi connectivity index (χ1) is 9.65. The quantitative estimate of drug-likeness (QED) is 0.825. The lowest BCUT2D eigenvalue weighted by Crippen LogP contribution is -2.36. The molecule has 1 saturated carbocycles. The first kappa shape index (κ1) is 13.8. The molecule has 0 radical (unpaired) electrons. The van der Waals surface area contributed by atoms with Crippen molar-refractivity contribution in [3.63, 3.8) is 0 Å². The SMILES string of the molecule is CC1(C)CCCC1NCc1cc(-c2ccccc2)cs1. The number of nitrogens with one attached hydrogen (secondary N) is 1. The van der Waals surface area contributed by atoms with Crippen LogP contribution in [0.25, 0.3) is 11.1 Å². The van der Waals surface area contributed by atoms with E-state index in [1.807, 2.05) is 11.3 Å². The summed E-state index contributed by atoms with van der Waals surface area (Å²) in [6, 6.07) is 13.6. The van der Waals surface area contributed by atoms with Crippen molar-refractivity contribution >= 4 is 11.3 Å². The van der Waals surface area contributed by atoms with Gasteiger partial charge in [-0.05, 0) is 40.8 Å². The first-order valence-electron chi connectivity index (χ1n) is 7.51. The Morgan fingerprint density at radius 3 is 2.70 bits per heavy atom. The van der Waals surface area contributed by atoms with Crippen LogP contribution < -0.4 is 5.32 Å². The number of hydrogen-bond acceptors (Lipinski definition) is 2. The second kappa shape index (κ2) is 5.71. The molecule has 0 spiro atoms. The molecule has 2 aromatic rings. The highest BCUT2D eigenvalue weighted by Crippen LogP contribution is 2.37. The third kappa shape index (κ3) is 2.97. The van der Waals surface area contributed by atoms with Crippen molar-refractivity contribution in [1.82, 2.24) is 5.32 Å². The van der Waals surface area contributed by atoms with Gasteiger partial charge in [-0.15, -0.1) is 11.3 Å². The molecule has 1 aliphatic carbocycles. The van der Waals surface area contributed by atoms with Crippen LogP contribution in [0.1, 0.15) is 38.0 Å². The van der Waals surface area contributed by atoms with E-state index in [0.29, 0.717) is 11.5 Å². The van der Waals surface area contributed by atoms with Gasteiger partial charge in [0.15, 0.2) is 0 Å². The molecule has 3 rings (SSSR count). The van der Waals surface area contributed by atoms with Gasteiger partial charge in [-0.2, -0.15) is 0 Å². The fourth-order valence-electron chi connectivity index (χ4n) is 3.18. The van der Waals surface area contributed by atoms with E-state index in [9.17, 15) is 0 Å². The second-order valence-electron chi connectivity index (χ2n) is 6.48. The lowest BCUT2D eigenvalue weighted by Gasteiger charge is -2.27. The Bertz CT molecular complexity index is 556. The largest absolute Gasteiger partial charge is 0.309 e. The van der Waals surface area contributed by atoms with Crippen molar-refractivity contribution in [1.29, 1.82) is 0 Å². The zero-order chi connectivity index (χ0) is 14.0. The summed E-state index contributed by atoms with van der Waals surface area (Å²) in [6.07, 6.45) is 4.04. The zero-order valence-corrected chi connectivity index (χ0v) is 13.2. The van der Waals surface area contributed by atoms with E-state index in [2.05, 4.69) is 60.9 Å². The van der Waals surface area contributed by atoms with Crippen molar-refractivity contribution < 1.29 is 0 Å². The number of thiophene rings is 1. The monoisotopic (exact) mass is 285 g/mol. The van der Waals surface area contributed by atoms with E-state index >= 15 is 0 Å². The number of hydrogen-bond donors (Lipinski definition) is 1. The molecule has 20 heavy (non-hydrogen) atoms. The van der Waals surface area contributed by atoms with Crippen LogP contribution in [0.15, 0.2) is 41.8 Å². The summed E-state index contributed by atoms with van der Waals surface area (Å²) in [7, 11) is 0. The molecule has 0 bridgehead atoms. The lowest BCUT2D eigenvalue weighted by atomic mass is 9.87. The molecular formula is C18H23NS. The second-order valence-corrected chi connectivity index (χ2v) is 7.48. The van der Waals surface area contributed by atoms with Gasteiger partial charge in [0, 0.05) is 17.5 Å². The molecule has 1 aromatic carbocycles. The predicted octanol–water partition coefficient (Wildman–Crippen LogP) is 5.08. The predicted molar refractivity (Wildman–Crippen MR) is 88.0 cm³/mol. The Labute approximate surface area is 126 Å². The van der Waals surface area contributed by atoms with Gasteiger partial charge in [0.1, 0.15) is 0 Å². The summed E-state index contributed by atoms with van der Waals surface area (Å²) in [4.78, 5) is 1.44. The van der Waals surface area contributed by atoms with Crippen molar-refractivity contribution in [3.8, 4) is 11.1 Å². The smallest absolute Gasteiger partial charge is 0.0302 e. The zero-order valence-electron chi connectivity index (χ0n) is 12.4. The van der Waals surface area contributed by atoms with E-state index in [1.165, 1.54) is 35.3 Å². The first-order valence-corrected chi connectivity index (χ1v) is 8.39. The van der Waals surface area contributed by atoms with Crippen molar-refractivity contribution in [2.75, 3.05) is 0 Å². The van der Waals surface area contributed by atoms with Crippen LogP contribution in [0.4, 0.5) is 0 Å². The maximum atomic E-state index is 3.76. The maximum Gasteiger partial charge on any atom is 0.0302 e. The van der Waals surface area contributed by atoms with Crippen molar-refractivity contribution in [3.05, 3.63) is 46.7 Å². The summed E-state index contributed by atoms with van der Waals surface area (Å²) >= 11 is 1.87. The molecule has 0 aliphatic heterocycles. The number of benzene rings is 1. The van der Waals surface area contributed by atoms with E-state index in [4.69, 9.17) is 0 Å². The van der Waals surface area contributed by atoms with Crippen molar-refractivity contribution in [2.45, 2.75) is 45.7 Å². The van der Waals surface area contributed by atoms with Crippen LogP contribution in [-0.4, -0.2) is 6.04 Å². The molecule has 1 unspecified atom stereocenters. The molecular weight excluding hydrogens is 262 g/mol. The average molecular weight is 285 g/mol. The van der Waals surface area contributed by atoms with Gasteiger partial charge in [0.05, 0.1) is 0 Å². The van der Waals surface area contributed by atoms with E-state index < -0.39 is 0 Å². The molecule has 1 nitrogen and oxygen atoms in total. The van der Waals surface area contributed by atoms with E-state index in [-0.39, 0.29) is 0 Å². The number of rotatable bonds is 4. The third-order valence-electron chi connectivity index (χ3n) is 4.54. The highest BCUT2D eigenvalue weighted by Gasteiger charge is 2.33.